The molecule has 4 heteroatoms. The summed E-state index contributed by atoms with van der Waals surface area (Å²) < 4.78 is 0. The summed E-state index contributed by atoms with van der Waals surface area (Å²) in [7, 11) is 0. The van der Waals surface area contributed by atoms with Gasteiger partial charge in [-0.2, -0.15) is 5.10 Å². The molecule has 0 aromatic carbocycles. The lowest BCUT2D eigenvalue weighted by atomic mass is 9.82. The zero-order valence-corrected chi connectivity index (χ0v) is 10.6. The van der Waals surface area contributed by atoms with Crippen LogP contribution in [0.25, 0.3) is 0 Å². The third-order valence-electron chi connectivity index (χ3n) is 4.36. The van der Waals surface area contributed by atoms with E-state index in [0.29, 0.717) is 12.0 Å². The lowest BCUT2D eigenvalue weighted by Gasteiger charge is -2.34. The number of aromatic amines is 1. The first-order chi connectivity index (χ1) is 8.29. The Balaban J connectivity index is 1.93. The van der Waals surface area contributed by atoms with Crippen molar-refractivity contribution < 1.29 is 0 Å². The van der Waals surface area contributed by atoms with Gasteiger partial charge < -0.3 is 5.73 Å². The van der Waals surface area contributed by atoms with Crippen molar-refractivity contribution in [2.75, 3.05) is 19.6 Å². The molecule has 94 valence electrons. The molecule has 0 spiro atoms. The van der Waals surface area contributed by atoms with Gasteiger partial charge in [0.05, 0.1) is 5.69 Å². The fraction of sp³-hybridized carbons (Fsp3) is 0.769. The van der Waals surface area contributed by atoms with Crippen molar-refractivity contribution in [1.29, 1.82) is 0 Å². The lowest BCUT2D eigenvalue weighted by Crippen LogP contribution is -2.34. The first-order valence-electron chi connectivity index (χ1n) is 6.77. The highest BCUT2D eigenvalue weighted by Gasteiger charge is 2.34. The Labute approximate surface area is 103 Å². The maximum Gasteiger partial charge on any atom is 0.0676 e. The molecule has 2 atom stereocenters. The number of aryl methyl sites for hydroxylation is 1. The average Bonchev–Trinajstić information content (AvgIpc) is 2.98. The molecule has 1 aliphatic carbocycles. The molecule has 0 radical (unpaired) electrons. The molecule has 3 rings (SSSR count). The number of H-pyrrole nitrogens is 1. The smallest absolute Gasteiger partial charge is 0.0676 e. The molecule has 2 heterocycles. The van der Waals surface area contributed by atoms with Gasteiger partial charge in [0.2, 0.25) is 0 Å². The van der Waals surface area contributed by atoms with Crippen LogP contribution in [-0.2, 0) is 6.42 Å². The Hall–Kier alpha value is -0.870. The van der Waals surface area contributed by atoms with E-state index in [4.69, 9.17) is 5.73 Å². The number of hydrogen-bond acceptors (Lipinski definition) is 3. The molecule has 0 amide bonds. The average molecular weight is 234 g/mol. The predicted molar refractivity (Wildman–Crippen MR) is 67.7 cm³/mol. The maximum atomic E-state index is 5.87. The molecule has 1 fully saturated rings. The van der Waals surface area contributed by atoms with Crippen molar-refractivity contribution in [2.24, 2.45) is 11.7 Å². The van der Waals surface area contributed by atoms with Crippen LogP contribution in [0.4, 0.5) is 0 Å². The fourth-order valence-electron chi connectivity index (χ4n) is 3.44. The zero-order chi connectivity index (χ0) is 11.8. The van der Waals surface area contributed by atoms with E-state index in [1.807, 2.05) is 0 Å². The first-order valence-corrected chi connectivity index (χ1v) is 6.77. The highest BCUT2D eigenvalue weighted by Crippen LogP contribution is 2.39. The third-order valence-corrected chi connectivity index (χ3v) is 4.36. The molecule has 4 nitrogen and oxygen atoms in total. The Morgan fingerprint density at radius 2 is 2.18 bits per heavy atom. The number of aromatic nitrogens is 2. The Bertz CT molecular complexity index is 392. The molecule has 2 aliphatic rings. The van der Waals surface area contributed by atoms with E-state index in [1.165, 1.54) is 49.3 Å². The largest absolute Gasteiger partial charge is 0.330 e. The van der Waals surface area contributed by atoms with Crippen LogP contribution in [0.5, 0.6) is 0 Å². The number of nitrogens with two attached hydrogens (primary N) is 1. The van der Waals surface area contributed by atoms with Crippen molar-refractivity contribution in [3.05, 3.63) is 17.0 Å². The lowest BCUT2D eigenvalue weighted by molar-refractivity contribution is 0.194. The molecular formula is C13H22N4. The topological polar surface area (TPSA) is 57.9 Å². The third kappa shape index (κ3) is 1.89. The summed E-state index contributed by atoms with van der Waals surface area (Å²) in [5, 5.41) is 7.63. The van der Waals surface area contributed by atoms with Crippen molar-refractivity contribution in [3.8, 4) is 0 Å². The normalized spacial score (nSPS) is 29.5. The minimum absolute atomic E-state index is 0.563. The second-order valence-corrected chi connectivity index (χ2v) is 5.51. The van der Waals surface area contributed by atoms with E-state index < -0.39 is 0 Å². The van der Waals surface area contributed by atoms with Crippen molar-refractivity contribution >= 4 is 0 Å². The highest BCUT2D eigenvalue weighted by molar-refractivity contribution is 5.31. The van der Waals surface area contributed by atoms with Gasteiger partial charge in [-0.3, -0.25) is 10.00 Å². The SMILES string of the molecule is Cc1[nH]nc2c1C(N1CCCC1)CC(CN)C2. The van der Waals surface area contributed by atoms with Gasteiger partial charge in [-0.15, -0.1) is 0 Å². The molecule has 1 aromatic heterocycles. The van der Waals surface area contributed by atoms with Gasteiger partial charge in [-0.05, 0) is 58.2 Å². The number of fused-ring (bicyclic) bond motifs is 1. The number of likely N-dealkylation sites (tertiary alicyclic amines) is 1. The van der Waals surface area contributed by atoms with Crippen LogP contribution in [0.2, 0.25) is 0 Å². The molecule has 2 unspecified atom stereocenters. The summed E-state index contributed by atoms with van der Waals surface area (Å²) >= 11 is 0. The van der Waals surface area contributed by atoms with Gasteiger partial charge in [0.25, 0.3) is 0 Å². The number of hydrogen-bond donors (Lipinski definition) is 2. The Morgan fingerprint density at radius 3 is 2.88 bits per heavy atom. The van der Waals surface area contributed by atoms with Gasteiger partial charge in [0.1, 0.15) is 0 Å². The van der Waals surface area contributed by atoms with Crippen LogP contribution in [0.3, 0.4) is 0 Å². The summed E-state index contributed by atoms with van der Waals surface area (Å²) in [6.07, 6.45) is 4.95. The summed E-state index contributed by atoms with van der Waals surface area (Å²) in [5.74, 6) is 0.607. The molecule has 17 heavy (non-hydrogen) atoms. The summed E-state index contributed by atoms with van der Waals surface area (Å²) in [4.78, 5) is 2.63. The molecule has 1 aromatic rings. The Kier molecular flexibility index (Phi) is 2.92. The predicted octanol–water partition coefficient (Wildman–Crippen LogP) is 1.38. The van der Waals surface area contributed by atoms with Crippen LogP contribution in [0.15, 0.2) is 0 Å². The highest BCUT2D eigenvalue weighted by atomic mass is 15.2. The Morgan fingerprint density at radius 1 is 1.41 bits per heavy atom. The summed E-state index contributed by atoms with van der Waals surface area (Å²) in [6, 6.07) is 0.563. The van der Waals surface area contributed by atoms with E-state index in [-0.39, 0.29) is 0 Å². The zero-order valence-electron chi connectivity index (χ0n) is 10.6. The van der Waals surface area contributed by atoms with Crippen LogP contribution >= 0.6 is 0 Å². The number of rotatable bonds is 2. The molecule has 1 aliphatic heterocycles. The number of nitrogens with zero attached hydrogens (tertiary/aromatic N) is 2. The molecular weight excluding hydrogens is 212 g/mol. The monoisotopic (exact) mass is 234 g/mol. The van der Waals surface area contributed by atoms with E-state index in [0.717, 1.165) is 13.0 Å². The number of nitrogens with one attached hydrogen (secondary N) is 1. The maximum absolute atomic E-state index is 5.87. The summed E-state index contributed by atoms with van der Waals surface area (Å²) in [6.45, 7) is 5.42. The van der Waals surface area contributed by atoms with Gasteiger partial charge in [-0.25, -0.2) is 0 Å². The minimum Gasteiger partial charge on any atom is -0.330 e. The van der Waals surface area contributed by atoms with Crippen LogP contribution in [0, 0.1) is 12.8 Å². The van der Waals surface area contributed by atoms with Crippen molar-refractivity contribution in [3.63, 3.8) is 0 Å². The van der Waals surface area contributed by atoms with Crippen molar-refractivity contribution in [1.82, 2.24) is 15.1 Å². The van der Waals surface area contributed by atoms with Gasteiger partial charge in [0, 0.05) is 17.3 Å². The van der Waals surface area contributed by atoms with E-state index in [9.17, 15) is 0 Å². The van der Waals surface area contributed by atoms with Crippen LogP contribution in [-0.4, -0.2) is 34.7 Å². The standard InChI is InChI=1S/C13H22N4/c1-9-13-11(16-15-9)6-10(8-14)7-12(13)17-4-2-3-5-17/h10,12H,2-8,14H2,1H3,(H,15,16). The second kappa shape index (κ2) is 4.42. The minimum atomic E-state index is 0.563. The summed E-state index contributed by atoms with van der Waals surface area (Å²) in [5.41, 5.74) is 9.86. The van der Waals surface area contributed by atoms with E-state index in [1.54, 1.807) is 0 Å². The molecule has 0 saturated carbocycles. The first kappa shape index (κ1) is 11.2. The quantitative estimate of drug-likeness (QED) is 0.812. The van der Waals surface area contributed by atoms with Gasteiger partial charge in [-0.1, -0.05) is 0 Å². The van der Waals surface area contributed by atoms with Gasteiger partial charge >= 0.3 is 0 Å². The van der Waals surface area contributed by atoms with Crippen molar-refractivity contribution in [2.45, 2.75) is 38.6 Å². The molecule has 3 N–H and O–H groups in total. The molecule has 0 bridgehead atoms. The molecule has 1 saturated heterocycles. The van der Waals surface area contributed by atoms with E-state index >= 15 is 0 Å². The fourth-order valence-corrected chi connectivity index (χ4v) is 3.44. The van der Waals surface area contributed by atoms with Crippen LogP contribution < -0.4 is 5.73 Å². The van der Waals surface area contributed by atoms with Crippen LogP contribution in [0.1, 0.15) is 42.3 Å². The van der Waals surface area contributed by atoms with E-state index in [2.05, 4.69) is 22.0 Å². The second-order valence-electron chi connectivity index (χ2n) is 5.51. The van der Waals surface area contributed by atoms with Gasteiger partial charge in [0.15, 0.2) is 0 Å².